The lowest BCUT2D eigenvalue weighted by Crippen LogP contribution is -2.41. The number of aryl methyl sites for hydroxylation is 1. The SMILES string of the molecule is Cc1nccc(OC2CCN(C(=O)c3cccc(-n4cccn4)c3)CC2)n1. The molecular weight excluding hydrogens is 342 g/mol. The number of likely N-dealkylation sites (tertiary alicyclic amines) is 1. The Morgan fingerprint density at radius 3 is 2.74 bits per heavy atom. The maximum atomic E-state index is 12.9. The van der Waals surface area contributed by atoms with Crippen molar-refractivity contribution in [2.45, 2.75) is 25.9 Å². The Balaban J connectivity index is 1.38. The Morgan fingerprint density at radius 2 is 2.00 bits per heavy atom. The van der Waals surface area contributed by atoms with Gasteiger partial charge < -0.3 is 9.64 Å². The number of rotatable bonds is 4. The van der Waals surface area contributed by atoms with Gasteiger partial charge in [-0.05, 0) is 31.2 Å². The fourth-order valence-electron chi connectivity index (χ4n) is 3.23. The van der Waals surface area contributed by atoms with Gasteiger partial charge in [-0.1, -0.05) is 6.07 Å². The van der Waals surface area contributed by atoms with Crippen LogP contribution in [-0.4, -0.2) is 49.7 Å². The van der Waals surface area contributed by atoms with Crippen LogP contribution < -0.4 is 4.74 Å². The van der Waals surface area contributed by atoms with Crippen molar-refractivity contribution in [1.29, 1.82) is 0 Å². The lowest BCUT2D eigenvalue weighted by Gasteiger charge is -2.32. The number of hydrogen-bond donors (Lipinski definition) is 0. The monoisotopic (exact) mass is 363 g/mol. The molecule has 4 rings (SSSR count). The number of aromatic nitrogens is 4. The van der Waals surface area contributed by atoms with E-state index in [0.29, 0.717) is 30.4 Å². The minimum Gasteiger partial charge on any atom is -0.474 e. The molecule has 2 aromatic heterocycles. The lowest BCUT2D eigenvalue weighted by atomic mass is 10.1. The highest BCUT2D eigenvalue weighted by Crippen LogP contribution is 2.19. The highest BCUT2D eigenvalue weighted by atomic mass is 16.5. The summed E-state index contributed by atoms with van der Waals surface area (Å²) in [6, 6.07) is 11.2. The van der Waals surface area contributed by atoms with Crippen molar-refractivity contribution < 1.29 is 9.53 Å². The third kappa shape index (κ3) is 3.97. The van der Waals surface area contributed by atoms with Crippen molar-refractivity contribution in [3.8, 4) is 11.6 Å². The summed E-state index contributed by atoms with van der Waals surface area (Å²) in [5.74, 6) is 1.33. The molecule has 1 aliphatic heterocycles. The van der Waals surface area contributed by atoms with Gasteiger partial charge in [-0.15, -0.1) is 0 Å². The third-order valence-electron chi connectivity index (χ3n) is 4.63. The molecule has 0 atom stereocenters. The molecule has 0 radical (unpaired) electrons. The van der Waals surface area contributed by atoms with Gasteiger partial charge in [0.15, 0.2) is 0 Å². The van der Waals surface area contributed by atoms with Gasteiger partial charge in [0.2, 0.25) is 5.88 Å². The van der Waals surface area contributed by atoms with Crippen molar-refractivity contribution >= 4 is 5.91 Å². The van der Waals surface area contributed by atoms with Gasteiger partial charge >= 0.3 is 0 Å². The van der Waals surface area contributed by atoms with Crippen molar-refractivity contribution in [1.82, 2.24) is 24.6 Å². The molecule has 1 amide bonds. The second kappa shape index (κ2) is 7.57. The van der Waals surface area contributed by atoms with E-state index < -0.39 is 0 Å². The second-order valence-electron chi connectivity index (χ2n) is 6.55. The highest BCUT2D eigenvalue weighted by molar-refractivity contribution is 5.94. The fraction of sp³-hybridized carbons (Fsp3) is 0.300. The number of benzene rings is 1. The van der Waals surface area contributed by atoms with E-state index in [1.54, 1.807) is 23.1 Å². The Morgan fingerprint density at radius 1 is 1.15 bits per heavy atom. The Kier molecular flexibility index (Phi) is 4.82. The number of carbonyl (C=O) groups excluding carboxylic acids is 1. The largest absolute Gasteiger partial charge is 0.474 e. The van der Waals surface area contributed by atoms with E-state index in [4.69, 9.17) is 4.74 Å². The lowest BCUT2D eigenvalue weighted by molar-refractivity contribution is 0.0587. The summed E-state index contributed by atoms with van der Waals surface area (Å²) in [4.78, 5) is 23.1. The van der Waals surface area contributed by atoms with Crippen LogP contribution in [0.15, 0.2) is 55.0 Å². The van der Waals surface area contributed by atoms with Gasteiger partial charge in [0, 0.05) is 56.2 Å². The quantitative estimate of drug-likeness (QED) is 0.712. The van der Waals surface area contributed by atoms with Crippen LogP contribution in [0.1, 0.15) is 29.0 Å². The molecular formula is C20H21N5O2. The van der Waals surface area contributed by atoms with E-state index in [0.717, 1.165) is 18.5 Å². The summed E-state index contributed by atoms with van der Waals surface area (Å²) in [5.41, 5.74) is 1.55. The molecule has 1 saturated heterocycles. The molecule has 0 unspecified atom stereocenters. The van der Waals surface area contributed by atoms with Crippen LogP contribution in [0.5, 0.6) is 5.88 Å². The average molecular weight is 363 g/mol. The fourth-order valence-corrected chi connectivity index (χ4v) is 3.23. The number of amides is 1. The Bertz CT molecular complexity index is 918. The zero-order chi connectivity index (χ0) is 18.6. The predicted octanol–water partition coefficient (Wildman–Crippen LogP) is 2.65. The van der Waals surface area contributed by atoms with Crippen LogP contribution in [-0.2, 0) is 0 Å². The first-order valence-corrected chi connectivity index (χ1v) is 9.05. The van der Waals surface area contributed by atoms with Crippen LogP contribution in [0.4, 0.5) is 0 Å². The number of piperidine rings is 1. The molecule has 0 bridgehead atoms. The maximum Gasteiger partial charge on any atom is 0.253 e. The van der Waals surface area contributed by atoms with Crippen LogP contribution in [0, 0.1) is 6.92 Å². The summed E-state index contributed by atoms with van der Waals surface area (Å²) in [5, 5.41) is 4.22. The van der Waals surface area contributed by atoms with Crippen LogP contribution in [0.3, 0.4) is 0 Å². The summed E-state index contributed by atoms with van der Waals surface area (Å²) in [7, 11) is 0. The van der Waals surface area contributed by atoms with Crippen LogP contribution in [0.25, 0.3) is 5.69 Å². The van der Waals surface area contributed by atoms with Crippen molar-refractivity contribution in [2.75, 3.05) is 13.1 Å². The maximum absolute atomic E-state index is 12.9. The Labute approximate surface area is 157 Å². The van der Waals surface area contributed by atoms with E-state index in [9.17, 15) is 4.79 Å². The first-order chi connectivity index (χ1) is 13.2. The zero-order valence-corrected chi connectivity index (χ0v) is 15.2. The normalized spacial score (nSPS) is 14.9. The highest BCUT2D eigenvalue weighted by Gasteiger charge is 2.25. The molecule has 0 N–H and O–H groups in total. The van der Waals surface area contributed by atoms with E-state index >= 15 is 0 Å². The molecule has 1 aliphatic rings. The first-order valence-electron chi connectivity index (χ1n) is 9.05. The summed E-state index contributed by atoms with van der Waals surface area (Å²) in [6.07, 6.45) is 6.92. The third-order valence-corrected chi connectivity index (χ3v) is 4.63. The average Bonchev–Trinajstić information content (AvgIpc) is 3.23. The van der Waals surface area contributed by atoms with E-state index in [-0.39, 0.29) is 12.0 Å². The smallest absolute Gasteiger partial charge is 0.253 e. The molecule has 0 saturated carbocycles. The van der Waals surface area contributed by atoms with Crippen molar-refractivity contribution in [3.05, 3.63) is 66.4 Å². The minimum absolute atomic E-state index is 0.0420. The van der Waals surface area contributed by atoms with Crippen molar-refractivity contribution in [2.24, 2.45) is 0 Å². The van der Waals surface area contributed by atoms with Gasteiger partial charge in [0.05, 0.1) is 5.69 Å². The topological polar surface area (TPSA) is 73.1 Å². The van der Waals surface area contributed by atoms with Gasteiger partial charge in [-0.3, -0.25) is 4.79 Å². The minimum atomic E-state index is 0.0420. The summed E-state index contributed by atoms with van der Waals surface area (Å²) in [6.45, 7) is 3.17. The summed E-state index contributed by atoms with van der Waals surface area (Å²) >= 11 is 0. The molecule has 7 heteroatoms. The van der Waals surface area contributed by atoms with E-state index in [1.807, 2.05) is 48.4 Å². The molecule has 1 aromatic carbocycles. The van der Waals surface area contributed by atoms with Gasteiger partial charge in [-0.2, -0.15) is 10.1 Å². The molecule has 0 aliphatic carbocycles. The Hall–Kier alpha value is -3.22. The van der Waals surface area contributed by atoms with E-state index in [2.05, 4.69) is 15.1 Å². The van der Waals surface area contributed by atoms with Gasteiger partial charge in [-0.25, -0.2) is 9.67 Å². The van der Waals surface area contributed by atoms with E-state index in [1.165, 1.54) is 0 Å². The molecule has 1 fully saturated rings. The zero-order valence-electron chi connectivity index (χ0n) is 15.2. The molecule has 3 heterocycles. The standard InChI is InChI=1S/C20H21N5O2/c1-15-21-10-6-19(23-15)27-18-7-12-24(13-8-18)20(26)16-4-2-5-17(14-16)25-11-3-9-22-25/h2-6,9-11,14,18H,7-8,12-13H2,1H3. The number of nitrogens with zero attached hydrogens (tertiary/aromatic N) is 5. The molecule has 138 valence electrons. The number of carbonyl (C=O) groups is 1. The molecule has 7 nitrogen and oxygen atoms in total. The molecule has 3 aromatic rings. The molecule has 27 heavy (non-hydrogen) atoms. The molecule has 0 spiro atoms. The van der Waals surface area contributed by atoms with Gasteiger partial charge in [0.1, 0.15) is 11.9 Å². The van der Waals surface area contributed by atoms with Crippen molar-refractivity contribution in [3.63, 3.8) is 0 Å². The van der Waals surface area contributed by atoms with Gasteiger partial charge in [0.25, 0.3) is 5.91 Å². The predicted molar refractivity (Wildman–Crippen MR) is 99.9 cm³/mol. The van der Waals surface area contributed by atoms with Crippen LogP contribution >= 0.6 is 0 Å². The summed E-state index contributed by atoms with van der Waals surface area (Å²) < 4.78 is 7.69. The number of ether oxygens (including phenoxy) is 1. The number of hydrogen-bond acceptors (Lipinski definition) is 5. The first kappa shape index (κ1) is 17.2. The second-order valence-corrected chi connectivity index (χ2v) is 6.55. The van der Waals surface area contributed by atoms with Crippen LogP contribution in [0.2, 0.25) is 0 Å².